The highest BCUT2D eigenvalue weighted by molar-refractivity contribution is 7.17. The molecule has 0 aliphatic carbocycles. The fourth-order valence-corrected chi connectivity index (χ4v) is 4.12. The Morgan fingerprint density at radius 3 is 2.96 bits per heavy atom. The molecule has 0 spiro atoms. The van der Waals surface area contributed by atoms with E-state index in [0.29, 0.717) is 0 Å². The van der Waals surface area contributed by atoms with Crippen LogP contribution in [0.1, 0.15) is 5.69 Å². The highest BCUT2D eigenvalue weighted by Gasteiger charge is 2.20. The topological polar surface area (TPSA) is 55.1 Å². The van der Waals surface area contributed by atoms with Gasteiger partial charge in [-0.25, -0.2) is 4.39 Å². The molecule has 0 saturated carbocycles. The number of rotatable bonds is 3. The van der Waals surface area contributed by atoms with E-state index in [1.807, 2.05) is 18.4 Å². The van der Waals surface area contributed by atoms with Crippen molar-refractivity contribution in [2.45, 2.75) is 13.5 Å². The third-order valence-electron chi connectivity index (χ3n) is 4.22. The number of hydrogen-bond donors (Lipinski definition) is 1. The van der Waals surface area contributed by atoms with Gasteiger partial charge in [0.1, 0.15) is 12.4 Å². The van der Waals surface area contributed by atoms with Crippen LogP contribution in [0.3, 0.4) is 0 Å². The third kappa shape index (κ3) is 2.18. The standard InChI is InChI=1S/C18H13FN2O2S/c1-10-18(14-9-24-16-4-5-20-7-13(14)16)12-6-11(19)2-3-15(12)21(10)8-17(22)23/h2-7,9H,8H2,1H3,(H,22,23). The van der Waals surface area contributed by atoms with Crippen molar-refractivity contribution < 1.29 is 14.3 Å². The first kappa shape index (κ1) is 14.8. The number of thiophene rings is 1. The van der Waals surface area contributed by atoms with Gasteiger partial charge in [0, 0.05) is 50.2 Å². The lowest BCUT2D eigenvalue weighted by Crippen LogP contribution is -2.09. The zero-order valence-electron chi connectivity index (χ0n) is 12.8. The van der Waals surface area contributed by atoms with Gasteiger partial charge in [-0.15, -0.1) is 11.3 Å². The summed E-state index contributed by atoms with van der Waals surface area (Å²) >= 11 is 1.59. The summed E-state index contributed by atoms with van der Waals surface area (Å²) in [5.74, 6) is -1.27. The molecule has 120 valence electrons. The summed E-state index contributed by atoms with van der Waals surface area (Å²) in [6, 6.07) is 6.40. The lowest BCUT2D eigenvalue weighted by molar-refractivity contribution is -0.137. The van der Waals surface area contributed by atoms with E-state index in [1.54, 1.807) is 34.4 Å². The van der Waals surface area contributed by atoms with Crippen molar-refractivity contribution in [3.05, 3.63) is 53.6 Å². The van der Waals surface area contributed by atoms with Gasteiger partial charge in [0.15, 0.2) is 0 Å². The molecule has 24 heavy (non-hydrogen) atoms. The van der Waals surface area contributed by atoms with E-state index in [9.17, 15) is 14.3 Å². The second kappa shape index (κ2) is 5.42. The molecule has 0 unspecified atom stereocenters. The highest BCUT2D eigenvalue weighted by atomic mass is 32.1. The minimum Gasteiger partial charge on any atom is -0.480 e. The SMILES string of the molecule is Cc1c(-c2csc3ccncc23)c2cc(F)ccc2n1CC(=O)O. The summed E-state index contributed by atoms with van der Waals surface area (Å²) in [6.07, 6.45) is 3.53. The maximum atomic E-state index is 13.8. The molecule has 0 amide bonds. The van der Waals surface area contributed by atoms with E-state index >= 15 is 0 Å². The van der Waals surface area contributed by atoms with Gasteiger partial charge < -0.3 is 9.67 Å². The molecule has 0 aliphatic heterocycles. The minimum atomic E-state index is -0.928. The number of aliphatic carboxylic acids is 1. The Kier molecular flexibility index (Phi) is 3.35. The summed E-state index contributed by atoms with van der Waals surface area (Å²) in [6.45, 7) is 1.71. The number of nitrogens with zero attached hydrogens (tertiary/aromatic N) is 2. The van der Waals surface area contributed by atoms with Crippen molar-refractivity contribution in [3.63, 3.8) is 0 Å². The fraction of sp³-hybridized carbons (Fsp3) is 0.111. The van der Waals surface area contributed by atoms with Crippen LogP contribution < -0.4 is 0 Å². The number of benzene rings is 1. The van der Waals surface area contributed by atoms with Crippen LogP contribution in [-0.4, -0.2) is 20.6 Å². The number of hydrogen-bond acceptors (Lipinski definition) is 3. The molecule has 0 fully saturated rings. The van der Waals surface area contributed by atoms with Gasteiger partial charge in [0.25, 0.3) is 0 Å². The summed E-state index contributed by atoms with van der Waals surface area (Å²) in [4.78, 5) is 15.4. The van der Waals surface area contributed by atoms with Gasteiger partial charge in [-0.3, -0.25) is 9.78 Å². The molecule has 3 heterocycles. The Morgan fingerprint density at radius 2 is 2.17 bits per heavy atom. The van der Waals surface area contributed by atoms with E-state index in [0.717, 1.165) is 37.8 Å². The Labute approximate surface area is 140 Å². The number of pyridine rings is 1. The van der Waals surface area contributed by atoms with Crippen molar-refractivity contribution >= 4 is 38.3 Å². The Morgan fingerprint density at radius 1 is 1.33 bits per heavy atom. The maximum absolute atomic E-state index is 13.8. The second-order valence-electron chi connectivity index (χ2n) is 5.62. The zero-order chi connectivity index (χ0) is 16.8. The average molecular weight is 340 g/mol. The average Bonchev–Trinajstić information content (AvgIpc) is 3.07. The fourth-order valence-electron chi connectivity index (χ4n) is 3.20. The molecule has 0 saturated heterocycles. The molecule has 0 radical (unpaired) electrons. The van der Waals surface area contributed by atoms with Gasteiger partial charge in [0.2, 0.25) is 0 Å². The quantitative estimate of drug-likeness (QED) is 0.599. The van der Waals surface area contributed by atoms with Gasteiger partial charge in [0.05, 0.1) is 0 Å². The van der Waals surface area contributed by atoms with Crippen molar-refractivity contribution in [2.75, 3.05) is 0 Å². The third-order valence-corrected chi connectivity index (χ3v) is 5.19. The van der Waals surface area contributed by atoms with Crippen LogP contribution in [0.5, 0.6) is 0 Å². The Bertz CT molecular complexity index is 1100. The summed E-state index contributed by atoms with van der Waals surface area (Å²) in [5.41, 5.74) is 3.35. The molecular formula is C18H13FN2O2S. The number of aromatic nitrogens is 2. The normalized spacial score (nSPS) is 11.4. The Balaban J connectivity index is 2.09. The molecule has 4 nitrogen and oxygen atoms in total. The monoisotopic (exact) mass is 340 g/mol. The lowest BCUT2D eigenvalue weighted by atomic mass is 10.0. The first-order valence-electron chi connectivity index (χ1n) is 7.38. The maximum Gasteiger partial charge on any atom is 0.323 e. The highest BCUT2D eigenvalue weighted by Crippen LogP contribution is 2.40. The van der Waals surface area contributed by atoms with Crippen LogP contribution in [0.25, 0.3) is 32.1 Å². The van der Waals surface area contributed by atoms with E-state index < -0.39 is 5.97 Å². The van der Waals surface area contributed by atoms with Gasteiger partial charge in [-0.2, -0.15) is 0 Å². The smallest absolute Gasteiger partial charge is 0.323 e. The molecule has 0 aliphatic rings. The second-order valence-corrected chi connectivity index (χ2v) is 6.53. The molecular weight excluding hydrogens is 327 g/mol. The molecule has 4 rings (SSSR count). The first-order chi connectivity index (χ1) is 11.6. The van der Waals surface area contributed by atoms with Gasteiger partial charge in [-0.1, -0.05) is 0 Å². The molecule has 0 bridgehead atoms. The Hall–Kier alpha value is -2.73. The number of carboxylic acid groups (broad SMARTS) is 1. The molecule has 1 aromatic carbocycles. The molecule has 3 aromatic heterocycles. The van der Waals surface area contributed by atoms with Crippen molar-refractivity contribution in [3.8, 4) is 11.1 Å². The van der Waals surface area contributed by atoms with Crippen LogP contribution >= 0.6 is 11.3 Å². The first-order valence-corrected chi connectivity index (χ1v) is 8.26. The lowest BCUT2D eigenvalue weighted by Gasteiger charge is -2.05. The van der Waals surface area contributed by atoms with Crippen LogP contribution in [0, 0.1) is 12.7 Å². The zero-order valence-corrected chi connectivity index (χ0v) is 13.6. The van der Waals surface area contributed by atoms with Gasteiger partial charge in [-0.05, 0) is 36.6 Å². The van der Waals surface area contributed by atoms with E-state index in [1.165, 1.54) is 12.1 Å². The number of carboxylic acids is 1. The molecule has 0 atom stereocenters. The van der Waals surface area contributed by atoms with Crippen molar-refractivity contribution in [1.82, 2.24) is 9.55 Å². The predicted molar refractivity (Wildman–Crippen MR) is 92.9 cm³/mol. The molecule has 4 aromatic rings. The minimum absolute atomic E-state index is 0.158. The summed E-state index contributed by atoms with van der Waals surface area (Å²) < 4.78 is 16.6. The van der Waals surface area contributed by atoms with Crippen molar-refractivity contribution in [2.24, 2.45) is 0 Å². The van der Waals surface area contributed by atoms with E-state index in [-0.39, 0.29) is 12.4 Å². The summed E-state index contributed by atoms with van der Waals surface area (Å²) in [5, 5.41) is 12.9. The largest absolute Gasteiger partial charge is 0.480 e. The summed E-state index contributed by atoms with van der Waals surface area (Å²) in [7, 11) is 0. The van der Waals surface area contributed by atoms with Crippen LogP contribution in [0.2, 0.25) is 0 Å². The van der Waals surface area contributed by atoms with Crippen LogP contribution in [-0.2, 0) is 11.3 Å². The number of fused-ring (bicyclic) bond motifs is 2. The van der Waals surface area contributed by atoms with Crippen LogP contribution in [0.4, 0.5) is 4.39 Å². The van der Waals surface area contributed by atoms with E-state index in [2.05, 4.69) is 4.98 Å². The van der Waals surface area contributed by atoms with Gasteiger partial charge >= 0.3 is 5.97 Å². The number of halogens is 1. The van der Waals surface area contributed by atoms with Crippen LogP contribution in [0.15, 0.2) is 42.0 Å². The van der Waals surface area contributed by atoms with Crippen molar-refractivity contribution in [1.29, 1.82) is 0 Å². The molecule has 1 N–H and O–H groups in total. The van der Waals surface area contributed by atoms with E-state index in [4.69, 9.17) is 0 Å². The molecule has 6 heteroatoms. The number of carbonyl (C=O) groups is 1. The predicted octanol–water partition coefficient (Wildman–Crippen LogP) is 4.45.